The Morgan fingerprint density at radius 1 is 1.18 bits per heavy atom. The lowest BCUT2D eigenvalue weighted by Gasteiger charge is -2.24. The number of rotatable bonds is 22. The smallest absolute Gasteiger partial charge is 0.232 e. The second-order valence-corrected chi connectivity index (χ2v) is 12.1. The number of thiol groups is 1. The number of amides is 1. The average molecular weight is 603 g/mol. The number of carbonyl (C=O) groups excluding carboxylic acids is 1. The van der Waals surface area contributed by atoms with Crippen LogP contribution in [0, 0.1) is 0 Å². The average Bonchev–Trinajstić information content (AvgIpc) is 3.55. The van der Waals surface area contributed by atoms with Gasteiger partial charge in [-0.25, -0.2) is 4.98 Å². The van der Waals surface area contributed by atoms with Gasteiger partial charge in [0.1, 0.15) is 24.5 Å². The first-order valence-electron chi connectivity index (χ1n) is 14.7. The number of nitrogens with zero attached hydrogens (tertiary/aromatic N) is 3. The summed E-state index contributed by atoms with van der Waals surface area (Å²) in [6.07, 6.45) is 18.2. The fourth-order valence-electron chi connectivity index (χ4n) is 5.02. The number of carbonyl (C=O) groups is 1. The standard InChI is InChI=1S/C27H51N6O5PS/c1-3-4-5-6-7-8-9-10-11-12-13-14-15-16-23(34)30-17-22-24(38-39(35)40)25(36-2)27(37-22)33-18-21(32-20-33)26(29)31-19-28/h18-20,22,24-27,35,40H,3-17,29H2,1-2H3,(H2,28,31)(H,30,34)/t22-,24?,25+,26?,27-,39?/m1/s1. The number of ether oxygens (including phenoxy) is 2. The maximum atomic E-state index is 12.5. The largest absolute Gasteiger partial charge is 0.390 e. The van der Waals surface area contributed by atoms with E-state index in [0.29, 0.717) is 12.1 Å². The lowest BCUT2D eigenvalue weighted by atomic mass is 10.0. The molecule has 0 spiro atoms. The third kappa shape index (κ3) is 12.7. The van der Waals surface area contributed by atoms with Gasteiger partial charge in [-0.05, 0) is 6.42 Å². The van der Waals surface area contributed by atoms with Crippen LogP contribution in [0.3, 0.4) is 0 Å². The van der Waals surface area contributed by atoms with Crippen LogP contribution in [0.1, 0.15) is 115 Å². The van der Waals surface area contributed by atoms with E-state index in [4.69, 9.17) is 25.5 Å². The van der Waals surface area contributed by atoms with Crippen molar-refractivity contribution in [2.45, 2.75) is 128 Å². The predicted molar refractivity (Wildman–Crippen MR) is 163 cm³/mol. The zero-order valence-electron chi connectivity index (χ0n) is 24.2. The van der Waals surface area contributed by atoms with Gasteiger partial charge in [0.2, 0.25) is 13.5 Å². The van der Waals surface area contributed by atoms with Crippen LogP contribution in [-0.2, 0) is 18.8 Å². The van der Waals surface area contributed by atoms with E-state index in [0.717, 1.165) is 25.6 Å². The molecule has 1 amide bonds. The van der Waals surface area contributed by atoms with Gasteiger partial charge in [0, 0.05) is 26.3 Å². The molecule has 0 bridgehead atoms. The van der Waals surface area contributed by atoms with Crippen molar-refractivity contribution in [2.24, 2.45) is 16.5 Å². The van der Waals surface area contributed by atoms with Crippen LogP contribution < -0.4 is 16.8 Å². The van der Waals surface area contributed by atoms with Crippen LogP contribution in [0.15, 0.2) is 17.5 Å². The van der Waals surface area contributed by atoms with E-state index in [2.05, 4.69) is 34.5 Å². The predicted octanol–water partition coefficient (Wildman–Crippen LogP) is 4.87. The summed E-state index contributed by atoms with van der Waals surface area (Å²) < 4.78 is 19.3. The number of aliphatic imine (C=N–C) groups is 1. The van der Waals surface area contributed by atoms with Gasteiger partial charge in [-0.15, -0.1) is 0 Å². The number of hydrogen-bond donors (Lipinski definition) is 5. The van der Waals surface area contributed by atoms with E-state index in [1.54, 1.807) is 17.1 Å². The maximum absolute atomic E-state index is 12.5. The number of unbranched alkanes of at least 4 members (excludes halogenated alkanes) is 12. The molecule has 6 N–H and O–H groups in total. The zero-order valence-corrected chi connectivity index (χ0v) is 26.0. The highest BCUT2D eigenvalue weighted by Crippen LogP contribution is 2.44. The molecule has 230 valence electrons. The summed E-state index contributed by atoms with van der Waals surface area (Å²) in [7, 11) is -0.440. The highest BCUT2D eigenvalue weighted by molar-refractivity contribution is 8.41. The fraction of sp³-hybridized carbons (Fsp3) is 0.815. The van der Waals surface area contributed by atoms with Crippen LogP contribution >= 0.6 is 19.8 Å². The van der Waals surface area contributed by atoms with Gasteiger partial charge in [0.15, 0.2) is 6.23 Å². The van der Waals surface area contributed by atoms with Gasteiger partial charge in [-0.2, -0.15) is 0 Å². The van der Waals surface area contributed by atoms with E-state index in [1.807, 2.05) is 0 Å². The second-order valence-electron chi connectivity index (χ2n) is 10.4. The van der Waals surface area contributed by atoms with E-state index in [1.165, 1.54) is 71.3 Å². The number of aromatic nitrogens is 2. The first-order chi connectivity index (χ1) is 19.4. The van der Waals surface area contributed by atoms with Crippen molar-refractivity contribution in [1.82, 2.24) is 14.9 Å². The Hall–Kier alpha value is -1.27. The Kier molecular flexibility index (Phi) is 18.0. The van der Waals surface area contributed by atoms with Gasteiger partial charge in [-0.3, -0.25) is 9.79 Å². The normalized spacial score (nSPS) is 22.6. The molecule has 11 nitrogen and oxygen atoms in total. The summed E-state index contributed by atoms with van der Waals surface area (Å²) in [6, 6.07) is 0. The van der Waals surface area contributed by atoms with Crippen molar-refractivity contribution >= 4 is 32.1 Å². The van der Waals surface area contributed by atoms with E-state index < -0.39 is 38.3 Å². The summed E-state index contributed by atoms with van der Waals surface area (Å²) in [5.74, 6) is -0.0319. The van der Waals surface area contributed by atoms with Crippen LogP contribution in [-0.4, -0.2) is 58.7 Å². The molecule has 1 aromatic heterocycles. The third-order valence-electron chi connectivity index (χ3n) is 7.25. The fourth-order valence-corrected chi connectivity index (χ4v) is 5.82. The minimum Gasteiger partial charge on any atom is -0.390 e. The minimum absolute atomic E-state index is 0.0319. The summed E-state index contributed by atoms with van der Waals surface area (Å²) >= 11 is 4.02. The van der Waals surface area contributed by atoms with Crippen molar-refractivity contribution in [3.63, 3.8) is 0 Å². The number of methoxy groups -OCH3 is 1. The SMILES string of the molecule is CCCCCCCCCCCCCCCC(=O)NC[C@H]1O[C@@H](n2cnc(C(N)/N=C\N)c2)[C@@H](OC)C1OP(O)S. The zero-order chi connectivity index (χ0) is 29.2. The number of nitrogens with one attached hydrogen (secondary N) is 1. The molecule has 3 unspecified atom stereocenters. The summed E-state index contributed by atoms with van der Waals surface area (Å²) in [6.45, 7) is 2.47. The Morgan fingerprint density at radius 3 is 2.33 bits per heavy atom. The third-order valence-corrected chi connectivity index (χ3v) is 7.96. The number of nitrogens with two attached hydrogens (primary N) is 2. The quantitative estimate of drug-likeness (QED) is 0.0413. The summed E-state index contributed by atoms with van der Waals surface area (Å²) in [5, 5.41) is 2.95. The monoisotopic (exact) mass is 602 g/mol. The van der Waals surface area contributed by atoms with Crippen molar-refractivity contribution in [3.8, 4) is 0 Å². The first kappa shape index (κ1) is 34.9. The highest BCUT2D eigenvalue weighted by atomic mass is 32.7. The lowest BCUT2D eigenvalue weighted by Crippen LogP contribution is -2.41. The molecular weight excluding hydrogens is 551 g/mol. The number of imidazole rings is 1. The van der Waals surface area contributed by atoms with Crippen molar-refractivity contribution < 1.29 is 23.7 Å². The van der Waals surface area contributed by atoms with Gasteiger partial charge in [-0.1, -0.05) is 96.2 Å². The van der Waals surface area contributed by atoms with Crippen LogP contribution in [0.5, 0.6) is 0 Å². The molecule has 0 aliphatic carbocycles. The van der Waals surface area contributed by atoms with Crippen LogP contribution in [0.2, 0.25) is 0 Å². The molecular formula is C27H51N6O5PS. The van der Waals surface area contributed by atoms with E-state index >= 15 is 0 Å². The number of hydrogen-bond acceptors (Lipinski definition) is 9. The van der Waals surface area contributed by atoms with E-state index in [9.17, 15) is 9.69 Å². The molecule has 13 heteroatoms. The topological polar surface area (TPSA) is 159 Å². The first-order valence-corrected chi connectivity index (χ1v) is 17.1. The summed E-state index contributed by atoms with van der Waals surface area (Å²) in [5.41, 5.74) is 11.8. The molecule has 2 heterocycles. The van der Waals surface area contributed by atoms with Crippen LogP contribution in [0.25, 0.3) is 0 Å². The second kappa shape index (κ2) is 20.6. The van der Waals surface area contributed by atoms with E-state index in [-0.39, 0.29) is 12.5 Å². The molecule has 1 fully saturated rings. The Labute approximate surface area is 246 Å². The molecule has 2 rings (SSSR count). The molecule has 1 aliphatic heterocycles. The summed E-state index contributed by atoms with van der Waals surface area (Å²) in [4.78, 5) is 30.6. The van der Waals surface area contributed by atoms with Crippen molar-refractivity contribution in [2.75, 3.05) is 13.7 Å². The highest BCUT2D eigenvalue weighted by Gasteiger charge is 2.47. The molecule has 1 saturated heterocycles. The molecule has 0 radical (unpaired) electrons. The van der Waals surface area contributed by atoms with Gasteiger partial charge < -0.3 is 40.2 Å². The van der Waals surface area contributed by atoms with Crippen LogP contribution in [0.4, 0.5) is 0 Å². The van der Waals surface area contributed by atoms with Gasteiger partial charge in [0.05, 0.1) is 18.4 Å². The van der Waals surface area contributed by atoms with Gasteiger partial charge in [0.25, 0.3) is 0 Å². The maximum Gasteiger partial charge on any atom is 0.232 e. The van der Waals surface area contributed by atoms with Crippen molar-refractivity contribution in [1.29, 1.82) is 0 Å². The lowest BCUT2D eigenvalue weighted by molar-refractivity contribution is -0.122. The molecule has 1 aromatic rings. The Bertz CT molecular complexity index is 848. The Balaban J connectivity index is 1.71. The van der Waals surface area contributed by atoms with Crippen molar-refractivity contribution in [3.05, 3.63) is 18.2 Å². The molecule has 6 atom stereocenters. The van der Waals surface area contributed by atoms with Gasteiger partial charge >= 0.3 is 0 Å². The molecule has 1 aliphatic rings. The Morgan fingerprint density at radius 2 is 1.77 bits per heavy atom. The molecule has 0 saturated carbocycles. The molecule has 0 aromatic carbocycles. The molecule has 40 heavy (non-hydrogen) atoms. The minimum atomic E-state index is -1.98.